The molecule has 0 atom stereocenters. The summed E-state index contributed by atoms with van der Waals surface area (Å²) < 4.78 is 29.1. The fourth-order valence-corrected chi connectivity index (χ4v) is 5.45. The van der Waals surface area contributed by atoms with Crippen molar-refractivity contribution < 1.29 is 13.2 Å². The molecule has 0 saturated heterocycles. The number of aromatic amines is 1. The van der Waals surface area contributed by atoms with Crippen LogP contribution >= 0.6 is 0 Å². The van der Waals surface area contributed by atoms with E-state index < -0.39 is 10.0 Å². The predicted molar refractivity (Wildman–Crippen MR) is 157 cm³/mol. The molecule has 39 heavy (non-hydrogen) atoms. The van der Waals surface area contributed by atoms with Gasteiger partial charge in [0.2, 0.25) is 0 Å². The number of carbonyl (C=O) groups is 1. The number of hydrogen-bond donors (Lipinski definition) is 3. The highest BCUT2D eigenvalue weighted by molar-refractivity contribution is 7.92. The highest BCUT2D eigenvalue weighted by Gasteiger charge is 2.22. The van der Waals surface area contributed by atoms with Gasteiger partial charge in [-0.2, -0.15) is 0 Å². The third kappa shape index (κ3) is 5.56. The molecule has 0 radical (unpaired) electrons. The van der Waals surface area contributed by atoms with Gasteiger partial charge in [0.1, 0.15) is 11.5 Å². The molecule has 8 heteroatoms. The molecule has 0 unspecified atom stereocenters. The van der Waals surface area contributed by atoms with Gasteiger partial charge < -0.3 is 10.3 Å². The molecule has 198 valence electrons. The fourth-order valence-electron chi connectivity index (χ4n) is 4.40. The topological polar surface area (TPSA) is 104 Å². The Morgan fingerprint density at radius 2 is 1.62 bits per heavy atom. The Labute approximate surface area is 228 Å². The molecule has 0 bridgehead atoms. The number of aromatic nitrogens is 2. The van der Waals surface area contributed by atoms with E-state index in [2.05, 4.69) is 40.8 Å². The maximum absolute atomic E-state index is 13.4. The maximum atomic E-state index is 13.4. The molecular formula is C31H30N4O3S. The third-order valence-corrected chi connectivity index (χ3v) is 7.92. The van der Waals surface area contributed by atoms with Crippen LogP contribution in [0.2, 0.25) is 0 Å². The summed E-state index contributed by atoms with van der Waals surface area (Å²) in [5.41, 5.74) is 4.91. The number of sulfonamides is 1. The molecule has 2 aromatic heterocycles. The zero-order chi connectivity index (χ0) is 27.8. The fraction of sp³-hybridized carbons (Fsp3) is 0.161. The Balaban J connectivity index is 1.53. The van der Waals surface area contributed by atoms with Gasteiger partial charge in [0, 0.05) is 28.4 Å². The monoisotopic (exact) mass is 538 g/mol. The van der Waals surface area contributed by atoms with Gasteiger partial charge in [0.25, 0.3) is 15.9 Å². The summed E-state index contributed by atoms with van der Waals surface area (Å²) in [6.45, 7) is 8.17. The second-order valence-corrected chi connectivity index (χ2v) is 12.2. The van der Waals surface area contributed by atoms with Crippen LogP contribution in [0, 0.1) is 6.92 Å². The van der Waals surface area contributed by atoms with Crippen LogP contribution < -0.4 is 10.0 Å². The Morgan fingerprint density at radius 1 is 0.897 bits per heavy atom. The molecule has 0 spiro atoms. The molecule has 0 aliphatic rings. The van der Waals surface area contributed by atoms with Crippen molar-refractivity contribution in [2.45, 2.75) is 38.0 Å². The zero-order valence-electron chi connectivity index (χ0n) is 22.2. The molecule has 0 aliphatic heterocycles. The van der Waals surface area contributed by atoms with Crippen molar-refractivity contribution in [3.8, 4) is 11.1 Å². The Bertz CT molecular complexity index is 1750. The van der Waals surface area contributed by atoms with Gasteiger partial charge in [-0.15, -0.1) is 0 Å². The molecule has 2 heterocycles. The summed E-state index contributed by atoms with van der Waals surface area (Å²) in [5.74, 6) is 0.0941. The predicted octanol–water partition coefficient (Wildman–Crippen LogP) is 6.89. The lowest BCUT2D eigenvalue weighted by Crippen LogP contribution is -2.15. The normalized spacial score (nSPS) is 11.9. The first-order valence-electron chi connectivity index (χ1n) is 12.6. The van der Waals surface area contributed by atoms with Crippen LogP contribution in [0.1, 0.15) is 42.4 Å². The first kappa shape index (κ1) is 26.2. The van der Waals surface area contributed by atoms with Crippen LogP contribution in [-0.4, -0.2) is 24.3 Å². The number of rotatable bonds is 6. The van der Waals surface area contributed by atoms with Crippen molar-refractivity contribution in [1.29, 1.82) is 0 Å². The molecule has 5 rings (SSSR count). The minimum atomic E-state index is -3.82. The summed E-state index contributed by atoms with van der Waals surface area (Å²) in [4.78, 5) is 21.0. The number of nitrogens with one attached hydrogen (secondary N) is 3. The average Bonchev–Trinajstić information content (AvgIpc) is 3.29. The van der Waals surface area contributed by atoms with Crippen molar-refractivity contribution in [2.75, 3.05) is 10.0 Å². The van der Waals surface area contributed by atoms with E-state index in [0.29, 0.717) is 33.7 Å². The van der Waals surface area contributed by atoms with Crippen molar-refractivity contribution in [3.05, 3.63) is 108 Å². The molecule has 0 aliphatic carbocycles. The maximum Gasteiger partial charge on any atom is 0.273 e. The van der Waals surface area contributed by atoms with Gasteiger partial charge >= 0.3 is 0 Å². The standard InChI is InChI=1S/C31H30N4O3S/c1-20-10-17-27(32-19-20)34-30(36)29-28(21-8-6-5-7-9-21)25-18-23(13-16-26(25)33-29)35-39(37,38)24-14-11-22(12-15-24)31(2,3)4/h5-19,33,35H,1-4H3,(H,32,34,36). The highest BCUT2D eigenvalue weighted by atomic mass is 32.2. The number of nitrogens with zero attached hydrogens (tertiary/aromatic N) is 1. The van der Waals surface area contributed by atoms with Crippen LogP contribution in [0.3, 0.4) is 0 Å². The molecule has 0 saturated carbocycles. The summed E-state index contributed by atoms with van der Waals surface area (Å²) in [6.07, 6.45) is 1.69. The highest BCUT2D eigenvalue weighted by Crippen LogP contribution is 2.35. The number of H-pyrrole nitrogens is 1. The molecule has 5 aromatic rings. The van der Waals surface area contributed by atoms with Crippen LogP contribution in [-0.2, 0) is 15.4 Å². The number of anilines is 2. The van der Waals surface area contributed by atoms with Crippen LogP contribution in [0.25, 0.3) is 22.0 Å². The number of fused-ring (bicyclic) bond motifs is 1. The van der Waals surface area contributed by atoms with E-state index in [9.17, 15) is 13.2 Å². The first-order valence-corrected chi connectivity index (χ1v) is 14.1. The summed E-state index contributed by atoms with van der Waals surface area (Å²) in [7, 11) is -3.82. The van der Waals surface area contributed by atoms with E-state index in [0.717, 1.165) is 16.7 Å². The molecule has 0 fully saturated rings. The van der Waals surface area contributed by atoms with Gasteiger partial charge in [-0.1, -0.05) is 69.3 Å². The Morgan fingerprint density at radius 3 is 2.26 bits per heavy atom. The van der Waals surface area contributed by atoms with Crippen LogP contribution in [0.5, 0.6) is 0 Å². The van der Waals surface area contributed by atoms with E-state index in [1.807, 2.05) is 55.5 Å². The van der Waals surface area contributed by atoms with Gasteiger partial charge in [0.15, 0.2) is 0 Å². The Kier molecular flexibility index (Phi) is 6.74. The number of amides is 1. The van der Waals surface area contributed by atoms with Crippen molar-refractivity contribution in [3.63, 3.8) is 0 Å². The third-order valence-electron chi connectivity index (χ3n) is 6.52. The quantitative estimate of drug-likeness (QED) is 0.219. The smallest absolute Gasteiger partial charge is 0.273 e. The van der Waals surface area contributed by atoms with Gasteiger partial charge in [-0.05, 0) is 65.4 Å². The van der Waals surface area contributed by atoms with Crippen molar-refractivity contribution >= 4 is 38.3 Å². The second kappa shape index (κ2) is 10.0. The van der Waals surface area contributed by atoms with Crippen LogP contribution in [0.4, 0.5) is 11.5 Å². The van der Waals surface area contributed by atoms with Crippen molar-refractivity contribution in [1.82, 2.24) is 9.97 Å². The lowest BCUT2D eigenvalue weighted by atomic mass is 9.87. The molecule has 7 nitrogen and oxygen atoms in total. The number of carbonyl (C=O) groups excluding carboxylic acids is 1. The lowest BCUT2D eigenvalue weighted by Gasteiger charge is -2.19. The van der Waals surface area contributed by atoms with E-state index in [1.165, 1.54) is 0 Å². The zero-order valence-corrected chi connectivity index (χ0v) is 23.1. The summed E-state index contributed by atoms with van der Waals surface area (Å²) >= 11 is 0. The van der Waals surface area contributed by atoms with Gasteiger partial charge in [-0.25, -0.2) is 13.4 Å². The number of aryl methyl sites for hydroxylation is 1. The minimum Gasteiger partial charge on any atom is -0.350 e. The SMILES string of the molecule is Cc1ccc(NC(=O)c2[nH]c3ccc(NS(=O)(=O)c4ccc(C(C)(C)C)cc4)cc3c2-c2ccccc2)nc1. The summed E-state index contributed by atoms with van der Waals surface area (Å²) in [5, 5.41) is 3.57. The number of hydrogen-bond acceptors (Lipinski definition) is 4. The van der Waals surface area contributed by atoms with Crippen molar-refractivity contribution in [2.24, 2.45) is 0 Å². The molecule has 1 amide bonds. The van der Waals surface area contributed by atoms with Gasteiger partial charge in [0.05, 0.1) is 4.90 Å². The van der Waals surface area contributed by atoms with E-state index in [4.69, 9.17) is 0 Å². The summed E-state index contributed by atoms with van der Waals surface area (Å²) in [6, 6.07) is 25.3. The average molecular weight is 539 g/mol. The minimum absolute atomic E-state index is 0.0810. The van der Waals surface area contributed by atoms with E-state index in [-0.39, 0.29) is 16.2 Å². The Hall–Kier alpha value is -4.43. The molecular weight excluding hydrogens is 508 g/mol. The molecule has 3 aromatic carbocycles. The lowest BCUT2D eigenvalue weighted by molar-refractivity contribution is 0.102. The van der Waals surface area contributed by atoms with E-state index >= 15 is 0 Å². The number of pyridine rings is 1. The largest absolute Gasteiger partial charge is 0.350 e. The van der Waals surface area contributed by atoms with Gasteiger partial charge in [-0.3, -0.25) is 9.52 Å². The molecule has 3 N–H and O–H groups in total. The van der Waals surface area contributed by atoms with Crippen LogP contribution in [0.15, 0.2) is 96.0 Å². The second-order valence-electron chi connectivity index (χ2n) is 10.6. The number of benzene rings is 3. The first-order chi connectivity index (χ1) is 18.5. The van der Waals surface area contributed by atoms with E-state index in [1.54, 1.807) is 42.6 Å².